The van der Waals surface area contributed by atoms with Crippen molar-refractivity contribution >= 4 is 17.4 Å². The summed E-state index contributed by atoms with van der Waals surface area (Å²) < 4.78 is 5.42. The smallest absolute Gasteiger partial charge is 0.262 e. The number of aryl methyl sites for hydroxylation is 1. The molecule has 2 aromatic carbocycles. The molecule has 0 aromatic heterocycles. The number of ketones is 1. The maximum absolute atomic E-state index is 11.9. The normalized spacial score (nSPS) is 10.0. The minimum absolute atomic E-state index is 0.0921. The van der Waals surface area contributed by atoms with Crippen LogP contribution in [-0.2, 0) is 4.79 Å². The lowest BCUT2D eigenvalue weighted by Crippen LogP contribution is -2.21. The fraction of sp³-hybridized carbons (Fsp3) is 0.176. The highest BCUT2D eigenvalue weighted by molar-refractivity contribution is 6.03. The van der Waals surface area contributed by atoms with E-state index >= 15 is 0 Å². The molecule has 0 aliphatic carbocycles. The van der Waals surface area contributed by atoms with Crippen LogP contribution in [0.2, 0.25) is 0 Å². The molecular weight excluding hydrogens is 266 g/mol. The van der Waals surface area contributed by atoms with E-state index in [4.69, 9.17) is 4.74 Å². The Morgan fingerprint density at radius 1 is 1.10 bits per heavy atom. The van der Waals surface area contributed by atoms with E-state index in [9.17, 15) is 9.59 Å². The van der Waals surface area contributed by atoms with Gasteiger partial charge >= 0.3 is 0 Å². The van der Waals surface area contributed by atoms with Crippen molar-refractivity contribution < 1.29 is 14.3 Å². The molecule has 0 spiro atoms. The van der Waals surface area contributed by atoms with Crippen LogP contribution < -0.4 is 10.1 Å². The molecule has 0 saturated heterocycles. The van der Waals surface area contributed by atoms with Gasteiger partial charge < -0.3 is 10.1 Å². The SMILES string of the molecule is CC(=O)c1ccccc1NC(=O)COc1cccc(C)c1. The van der Waals surface area contributed by atoms with Gasteiger partial charge in [0, 0.05) is 5.56 Å². The molecule has 0 radical (unpaired) electrons. The number of amides is 1. The Bertz CT molecular complexity index is 665. The number of para-hydroxylation sites is 1. The summed E-state index contributed by atoms with van der Waals surface area (Å²) in [4.78, 5) is 23.4. The van der Waals surface area contributed by atoms with Gasteiger partial charge in [0.2, 0.25) is 0 Å². The average Bonchev–Trinajstić information content (AvgIpc) is 2.45. The molecule has 1 N–H and O–H groups in total. The van der Waals surface area contributed by atoms with Crippen molar-refractivity contribution in [3.8, 4) is 5.75 Å². The highest BCUT2D eigenvalue weighted by atomic mass is 16.5. The summed E-state index contributed by atoms with van der Waals surface area (Å²) >= 11 is 0. The predicted molar refractivity (Wildman–Crippen MR) is 81.8 cm³/mol. The monoisotopic (exact) mass is 283 g/mol. The Kier molecular flexibility index (Phi) is 4.72. The summed E-state index contributed by atoms with van der Waals surface area (Å²) in [5.41, 5.74) is 2.05. The van der Waals surface area contributed by atoms with E-state index in [0.717, 1.165) is 5.56 Å². The zero-order chi connectivity index (χ0) is 15.2. The minimum atomic E-state index is -0.301. The first-order chi connectivity index (χ1) is 10.1. The number of rotatable bonds is 5. The molecule has 0 bridgehead atoms. The largest absolute Gasteiger partial charge is 0.484 e. The highest BCUT2D eigenvalue weighted by Crippen LogP contribution is 2.16. The second kappa shape index (κ2) is 6.70. The van der Waals surface area contributed by atoms with Crippen LogP contribution in [0.15, 0.2) is 48.5 Å². The molecule has 0 aliphatic heterocycles. The van der Waals surface area contributed by atoms with Crippen molar-refractivity contribution in [1.29, 1.82) is 0 Å². The molecule has 0 unspecified atom stereocenters. The van der Waals surface area contributed by atoms with Crippen LogP contribution in [0.5, 0.6) is 5.75 Å². The molecule has 2 aromatic rings. The van der Waals surface area contributed by atoms with Gasteiger partial charge in [-0.25, -0.2) is 0 Å². The first-order valence-electron chi connectivity index (χ1n) is 6.65. The number of hydrogen-bond donors (Lipinski definition) is 1. The van der Waals surface area contributed by atoms with E-state index in [1.54, 1.807) is 30.3 Å². The third-order valence-electron chi connectivity index (χ3n) is 2.94. The number of anilines is 1. The number of hydrogen-bond acceptors (Lipinski definition) is 3. The third-order valence-corrected chi connectivity index (χ3v) is 2.94. The van der Waals surface area contributed by atoms with Crippen LogP contribution in [0.3, 0.4) is 0 Å². The Hall–Kier alpha value is -2.62. The Balaban J connectivity index is 1.98. The predicted octanol–water partition coefficient (Wildman–Crippen LogP) is 3.22. The van der Waals surface area contributed by atoms with Gasteiger partial charge in [0.1, 0.15) is 5.75 Å². The maximum atomic E-state index is 11.9. The fourth-order valence-corrected chi connectivity index (χ4v) is 1.94. The lowest BCUT2D eigenvalue weighted by atomic mass is 10.1. The van der Waals surface area contributed by atoms with E-state index in [0.29, 0.717) is 17.0 Å². The molecule has 1 amide bonds. The average molecular weight is 283 g/mol. The molecule has 0 saturated carbocycles. The molecule has 0 heterocycles. The maximum Gasteiger partial charge on any atom is 0.262 e. The molecule has 4 heteroatoms. The minimum Gasteiger partial charge on any atom is -0.484 e. The molecule has 0 aliphatic rings. The van der Waals surface area contributed by atoms with Gasteiger partial charge in [-0.2, -0.15) is 0 Å². The van der Waals surface area contributed by atoms with Crippen LogP contribution in [-0.4, -0.2) is 18.3 Å². The van der Waals surface area contributed by atoms with Crippen LogP contribution in [0.1, 0.15) is 22.8 Å². The van der Waals surface area contributed by atoms with Gasteiger partial charge in [-0.15, -0.1) is 0 Å². The van der Waals surface area contributed by atoms with Gasteiger partial charge in [-0.05, 0) is 43.7 Å². The van der Waals surface area contributed by atoms with Gasteiger partial charge in [-0.1, -0.05) is 24.3 Å². The summed E-state index contributed by atoms with van der Waals surface area (Å²) in [5.74, 6) is 0.251. The van der Waals surface area contributed by atoms with E-state index in [-0.39, 0.29) is 18.3 Å². The zero-order valence-electron chi connectivity index (χ0n) is 12.1. The molecule has 0 atom stereocenters. The molecule has 0 fully saturated rings. The highest BCUT2D eigenvalue weighted by Gasteiger charge is 2.10. The number of nitrogens with one attached hydrogen (secondary N) is 1. The van der Waals surface area contributed by atoms with Crippen molar-refractivity contribution in [3.63, 3.8) is 0 Å². The molecule has 2 rings (SSSR count). The molecule has 4 nitrogen and oxygen atoms in total. The van der Waals surface area contributed by atoms with Gasteiger partial charge in [0.15, 0.2) is 12.4 Å². The number of benzene rings is 2. The Morgan fingerprint density at radius 2 is 1.86 bits per heavy atom. The first-order valence-corrected chi connectivity index (χ1v) is 6.65. The quantitative estimate of drug-likeness (QED) is 0.857. The second-order valence-corrected chi connectivity index (χ2v) is 4.76. The standard InChI is InChI=1S/C17H17NO3/c1-12-6-5-7-14(10-12)21-11-17(20)18-16-9-4-3-8-15(16)13(2)19/h3-10H,11H2,1-2H3,(H,18,20). The summed E-state index contributed by atoms with van der Waals surface area (Å²) in [6, 6.07) is 14.4. The number of carbonyl (C=O) groups excluding carboxylic acids is 2. The van der Waals surface area contributed by atoms with E-state index < -0.39 is 0 Å². The van der Waals surface area contributed by atoms with E-state index in [1.807, 2.05) is 25.1 Å². The fourth-order valence-electron chi connectivity index (χ4n) is 1.94. The van der Waals surface area contributed by atoms with Crippen molar-refractivity contribution in [2.75, 3.05) is 11.9 Å². The van der Waals surface area contributed by atoms with Crippen LogP contribution >= 0.6 is 0 Å². The number of Topliss-reactive ketones (excluding diaryl/α,β-unsaturated/α-hetero) is 1. The van der Waals surface area contributed by atoms with Crippen molar-refractivity contribution in [3.05, 3.63) is 59.7 Å². The lowest BCUT2D eigenvalue weighted by Gasteiger charge is -2.10. The lowest BCUT2D eigenvalue weighted by molar-refractivity contribution is -0.118. The second-order valence-electron chi connectivity index (χ2n) is 4.76. The van der Waals surface area contributed by atoms with Gasteiger partial charge in [0.05, 0.1) is 5.69 Å². The Morgan fingerprint density at radius 3 is 2.57 bits per heavy atom. The summed E-state index contributed by atoms with van der Waals surface area (Å²) in [5, 5.41) is 2.69. The van der Waals surface area contributed by atoms with Gasteiger partial charge in [-0.3, -0.25) is 9.59 Å². The third kappa shape index (κ3) is 4.18. The van der Waals surface area contributed by atoms with Crippen molar-refractivity contribution in [1.82, 2.24) is 0 Å². The number of carbonyl (C=O) groups is 2. The molecule has 108 valence electrons. The van der Waals surface area contributed by atoms with Crippen molar-refractivity contribution in [2.24, 2.45) is 0 Å². The summed E-state index contributed by atoms with van der Waals surface area (Å²) in [6.45, 7) is 3.32. The first kappa shape index (κ1) is 14.8. The van der Waals surface area contributed by atoms with E-state index in [1.165, 1.54) is 6.92 Å². The van der Waals surface area contributed by atoms with Crippen molar-refractivity contribution in [2.45, 2.75) is 13.8 Å². The van der Waals surface area contributed by atoms with Crippen LogP contribution in [0, 0.1) is 6.92 Å². The molecular formula is C17H17NO3. The van der Waals surface area contributed by atoms with E-state index in [2.05, 4.69) is 5.32 Å². The summed E-state index contributed by atoms with van der Waals surface area (Å²) in [7, 11) is 0. The Labute approximate surface area is 123 Å². The number of ether oxygens (including phenoxy) is 1. The molecule has 21 heavy (non-hydrogen) atoms. The van der Waals surface area contributed by atoms with Crippen LogP contribution in [0.25, 0.3) is 0 Å². The summed E-state index contributed by atoms with van der Waals surface area (Å²) in [6.07, 6.45) is 0. The van der Waals surface area contributed by atoms with Crippen LogP contribution in [0.4, 0.5) is 5.69 Å². The van der Waals surface area contributed by atoms with Gasteiger partial charge in [0.25, 0.3) is 5.91 Å². The zero-order valence-corrected chi connectivity index (χ0v) is 12.1. The topological polar surface area (TPSA) is 55.4 Å².